The van der Waals surface area contributed by atoms with Crippen molar-refractivity contribution in [2.24, 2.45) is 0 Å². The largest absolute Gasteiger partial charge is 4.00 e. The van der Waals surface area contributed by atoms with E-state index in [0.717, 1.165) is 0 Å². The molecule has 0 aromatic heterocycles. The predicted molar refractivity (Wildman–Crippen MR) is 61.2 cm³/mol. The predicted octanol–water partition coefficient (Wildman–Crippen LogP) is -3.42. The summed E-state index contributed by atoms with van der Waals surface area (Å²) in [6.45, 7) is 6.15. The van der Waals surface area contributed by atoms with E-state index >= 15 is 0 Å². The number of rotatable bonds is 4. The molecule has 0 aliphatic rings. The zero-order chi connectivity index (χ0) is 17.1. The maximum absolute atomic E-state index is 9.26. The summed E-state index contributed by atoms with van der Waals surface area (Å²) in [6.07, 6.45) is 0.444. The van der Waals surface area contributed by atoms with Gasteiger partial charge in [-0.15, -0.1) is 0 Å². The first-order valence-electron chi connectivity index (χ1n) is 5.88. The third kappa shape index (κ3) is 119. The quantitative estimate of drug-likeness (QED) is 0.400. The van der Waals surface area contributed by atoms with Crippen molar-refractivity contribution in [1.29, 1.82) is 0 Å². The fourth-order valence-corrected chi connectivity index (χ4v) is 0. The normalized spacial score (nSPS) is 7.05. The van der Waals surface area contributed by atoms with Crippen LogP contribution in [0.15, 0.2) is 0 Å². The molecule has 0 atom stereocenters. The van der Waals surface area contributed by atoms with E-state index in [0.29, 0.717) is 0 Å². The second-order valence-corrected chi connectivity index (χ2v) is 2.90. The molecule has 0 rings (SSSR count). The Morgan fingerprint density at radius 3 is 0.571 bits per heavy atom. The molecule has 9 heteroatoms. The number of aliphatic carboxylic acids is 4. The van der Waals surface area contributed by atoms with Gasteiger partial charge in [-0.3, -0.25) is 0 Å². The average molecular weight is 483 g/mol. The number of hydrogen-bond acceptors (Lipinski definition) is 8. The van der Waals surface area contributed by atoms with Crippen molar-refractivity contribution in [3.05, 3.63) is 0 Å². The van der Waals surface area contributed by atoms with Crippen LogP contribution in [0.3, 0.4) is 0 Å². The Labute approximate surface area is 137 Å². The van der Waals surface area contributed by atoms with Crippen molar-refractivity contribution in [3.8, 4) is 0 Å². The van der Waals surface area contributed by atoms with Crippen LogP contribution in [-0.2, 0) is 39.0 Å². The van der Waals surface area contributed by atoms with Crippen LogP contribution in [0.4, 0.5) is 0 Å². The van der Waals surface area contributed by atoms with Crippen LogP contribution in [0.1, 0.15) is 53.4 Å². The summed E-state index contributed by atoms with van der Waals surface area (Å²) in [5.74, 6) is -3.98. The smallest absolute Gasteiger partial charge is 0.550 e. The maximum atomic E-state index is 9.26. The minimum Gasteiger partial charge on any atom is -0.550 e. The van der Waals surface area contributed by atoms with Crippen molar-refractivity contribution in [1.82, 2.24) is 0 Å². The molecule has 0 aromatic carbocycles. The zero-order valence-electron chi connectivity index (χ0n) is 12.4. The number of hydrogen-bond donors (Lipinski definition) is 0. The van der Waals surface area contributed by atoms with Crippen LogP contribution < -0.4 is 20.4 Å². The Morgan fingerprint density at radius 1 is 0.524 bits per heavy atom. The number of carboxylic acid groups (broad SMARTS) is 4. The second kappa shape index (κ2) is 27.0. The van der Waals surface area contributed by atoms with Crippen LogP contribution in [0.25, 0.3) is 0 Å². The molecule has 0 fully saturated rings. The second-order valence-electron chi connectivity index (χ2n) is 2.90. The summed E-state index contributed by atoms with van der Waals surface area (Å²) in [5, 5.41) is 37.0. The van der Waals surface area contributed by atoms with E-state index in [1.807, 2.05) is 0 Å². The van der Waals surface area contributed by atoms with Crippen molar-refractivity contribution in [2.45, 2.75) is 53.4 Å². The fraction of sp³-hybridized carbons (Fsp3) is 0.667. The van der Waals surface area contributed by atoms with E-state index in [9.17, 15) is 39.6 Å². The first kappa shape index (κ1) is 31.8. The maximum Gasteiger partial charge on any atom is 4.00 e. The Morgan fingerprint density at radius 2 is 0.571 bits per heavy atom. The summed E-state index contributed by atoms with van der Waals surface area (Å²) in [4.78, 5) is 37.0. The zero-order valence-corrected chi connectivity index (χ0v) is 15.0. The molecule has 0 aliphatic carbocycles. The van der Waals surface area contributed by atoms with Gasteiger partial charge in [0.25, 0.3) is 0 Å². The minimum absolute atomic E-state index is 0. The molecule has 0 unspecified atom stereocenters. The number of carbonyl (C=O) groups excluding carboxylic acids is 4. The number of carboxylic acids is 4. The molecule has 0 bridgehead atoms. The molecule has 0 radical (unpaired) electrons. The first-order valence-corrected chi connectivity index (χ1v) is 5.88. The van der Waals surface area contributed by atoms with Crippen LogP contribution in [0.2, 0.25) is 0 Å². The van der Waals surface area contributed by atoms with Crippen LogP contribution in [-0.4, -0.2) is 23.9 Å². The Kier molecular flexibility index (Phi) is 40.8. The van der Waals surface area contributed by atoms with Gasteiger partial charge in [0.1, 0.15) is 0 Å². The molecule has 21 heavy (non-hydrogen) atoms. The third-order valence-corrected chi connectivity index (χ3v) is 1.15. The van der Waals surface area contributed by atoms with Gasteiger partial charge in [-0.1, -0.05) is 27.7 Å². The Bertz CT molecular complexity index is 222. The SMILES string of the molecule is CCC(=O)[O-].CCC(=O)[O-].CCC(=O)[O-].CCC(=O)[O-].[Os+4]. The molecule has 0 heterocycles. The van der Waals surface area contributed by atoms with Gasteiger partial charge in [-0.05, 0) is 25.7 Å². The molecule has 0 aromatic rings. The van der Waals surface area contributed by atoms with Crippen molar-refractivity contribution < 1.29 is 59.4 Å². The minimum atomic E-state index is -0.995. The summed E-state index contributed by atoms with van der Waals surface area (Å²) in [6, 6.07) is 0. The summed E-state index contributed by atoms with van der Waals surface area (Å²) >= 11 is 0. The Balaban J connectivity index is -0.0000000533. The van der Waals surface area contributed by atoms with Gasteiger partial charge in [0.2, 0.25) is 0 Å². The van der Waals surface area contributed by atoms with Crippen LogP contribution in [0.5, 0.6) is 0 Å². The van der Waals surface area contributed by atoms with E-state index < -0.39 is 23.9 Å². The van der Waals surface area contributed by atoms with Crippen molar-refractivity contribution >= 4 is 23.9 Å². The molecule has 0 amide bonds. The van der Waals surface area contributed by atoms with Crippen LogP contribution in [0, 0.1) is 0 Å². The Hall–Kier alpha value is -1.48. The van der Waals surface area contributed by atoms with E-state index in [1.165, 1.54) is 27.7 Å². The monoisotopic (exact) mass is 484 g/mol. The molecule has 0 saturated heterocycles. The van der Waals surface area contributed by atoms with Gasteiger partial charge in [0.15, 0.2) is 0 Å². The molecule has 0 N–H and O–H groups in total. The molecular weight excluding hydrogens is 462 g/mol. The van der Waals surface area contributed by atoms with Gasteiger partial charge in [0, 0.05) is 23.9 Å². The summed E-state index contributed by atoms with van der Waals surface area (Å²) in [7, 11) is 0. The summed E-state index contributed by atoms with van der Waals surface area (Å²) in [5.41, 5.74) is 0. The first-order chi connectivity index (χ1) is 9.08. The van der Waals surface area contributed by atoms with Gasteiger partial charge < -0.3 is 39.6 Å². The van der Waals surface area contributed by atoms with Gasteiger partial charge in [0.05, 0.1) is 0 Å². The molecule has 8 nitrogen and oxygen atoms in total. The number of carbonyl (C=O) groups is 4. The van der Waals surface area contributed by atoms with Gasteiger partial charge in [-0.25, -0.2) is 0 Å². The fourth-order valence-electron chi connectivity index (χ4n) is 0. The average Bonchev–Trinajstić information content (AvgIpc) is 2.40. The van der Waals surface area contributed by atoms with Gasteiger partial charge >= 0.3 is 19.8 Å². The summed E-state index contributed by atoms with van der Waals surface area (Å²) < 4.78 is 0. The van der Waals surface area contributed by atoms with Gasteiger partial charge in [-0.2, -0.15) is 0 Å². The van der Waals surface area contributed by atoms with E-state index in [2.05, 4.69) is 0 Å². The van der Waals surface area contributed by atoms with E-state index in [1.54, 1.807) is 0 Å². The molecule has 0 spiro atoms. The van der Waals surface area contributed by atoms with Crippen LogP contribution >= 0.6 is 0 Å². The molecule has 0 aliphatic heterocycles. The standard InChI is InChI=1S/4C3H6O2.Os/c4*1-2-3(4)5;/h4*2H2,1H3,(H,4,5);/q;;;;+4/p-4. The van der Waals surface area contributed by atoms with Crippen molar-refractivity contribution in [2.75, 3.05) is 0 Å². The van der Waals surface area contributed by atoms with Crippen molar-refractivity contribution in [3.63, 3.8) is 0 Å². The van der Waals surface area contributed by atoms with E-state index in [-0.39, 0.29) is 45.5 Å². The topological polar surface area (TPSA) is 161 Å². The van der Waals surface area contributed by atoms with E-state index in [4.69, 9.17) is 0 Å². The molecule has 0 saturated carbocycles. The third-order valence-electron chi connectivity index (χ3n) is 1.15. The molecular formula is C12H20O8Os. The molecule has 124 valence electrons.